The van der Waals surface area contributed by atoms with Crippen molar-refractivity contribution in [2.45, 2.75) is 19.1 Å². The SMILES string of the molecule is COCC(C)(COCc1ccccc1Cl)OC. The van der Waals surface area contributed by atoms with Gasteiger partial charge in [0.05, 0.1) is 19.8 Å². The Morgan fingerprint density at radius 3 is 2.47 bits per heavy atom. The summed E-state index contributed by atoms with van der Waals surface area (Å²) in [5.74, 6) is 0. The monoisotopic (exact) mass is 258 g/mol. The van der Waals surface area contributed by atoms with Gasteiger partial charge in [0.15, 0.2) is 0 Å². The Labute approximate surface area is 108 Å². The molecular formula is C13H19ClO3. The van der Waals surface area contributed by atoms with Crippen LogP contribution in [0, 0.1) is 0 Å². The minimum atomic E-state index is -0.421. The first-order chi connectivity index (χ1) is 8.11. The van der Waals surface area contributed by atoms with Gasteiger partial charge in [0.2, 0.25) is 0 Å². The molecule has 17 heavy (non-hydrogen) atoms. The van der Waals surface area contributed by atoms with E-state index in [0.717, 1.165) is 10.6 Å². The number of methoxy groups -OCH3 is 2. The Balaban J connectivity index is 2.44. The highest BCUT2D eigenvalue weighted by Gasteiger charge is 2.23. The maximum absolute atomic E-state index is 6.03. The summed E-state index contributed by atoms with van der Waals surface area (Å²) in [6.45, 7) is 3.38. The first-order valence-electron chi connectivity index (χ1n) is 5.46. The molecule has 0 spiro atoms. The number of ether oxygens (including phenoxy) is 3. The molecule has 0 N–H and O–H groups in total. The third-order valence-corrected chi connectivity index (χ3v) is 2.93. The minimum Gasteiger partial charge on any atom is -0.382 e. The highest BCUT2D eigenvalue weighted by Crippen LogP contribution is 2.17. The highest BCUT2D eigenvalue weighted by molar-refractivity contribution is 6.31. The first kappa shape index (κ1) is 14.5. The van der Waals surface area contributed by atoms with Gasteiger partial charge in [-0.2, -0.15) is 0 Å². The molecule has 0 saturated carbocycles. The van der Waals surface area contributed by atoms with Crippen LogP contribution in [-0.4, -0.2) is 33.0 Å². The van der Waals surface area contributed by atoms with Crippen LogP contribution in [-0.2, 0) is 20.8 Å². The molecule has 0 saturated heterocycles. The van der Waals surface area contributed by atoms with Crippen LogP contribution in [0.4, 0.5) is 0 Å². The molecule has 4 heteroatoms. The van der Waals surface area contributed by atoms with Gasteiger partial charge >= 0.3 is 0 Å². The second-order valence-corrected chi connectivity index (χ2v) is 4.58. The van der Waals surface area contributed by atoms with Crippen molar-refractivity contribution in [2.75, 3.05) is 27.4 Å². The van der Waals surface area contributed by atoms with Gasteiger partial charge in [-0.1, -0.05) is 29.8 Å². The molecule has 0 aromatic heterocycles. The van der Waals surface area contributed by atoms with Crippen molar-refractivity contribution in [2.24, 2.45) is 0 Å². The van der Waals surface area contributed by atoms with Crippen LogP contribution in [0.25, 0.3) is 0 Å². The van der Waals surface area contributed by atoms with Crippen LogP contribution in [0.3, 0.4) is 0 Å². The lowest BCUT2D eigenvalue weighted by atomic mass is 10.1. The lowest BCUT2D eigenvalue weighted by Gasteiger charge is -2.26. The second kappa shape index (κ2) is 6.97. The third kappa shape index (κ3) is 4.64. The molecule has 0 aliphatic heterocycles. The summed E-state index contributed by atoms with van der Waals surface area (Å²) >= 11 is 6.03. The van der Waals surface area contributed by atoms with Gasteiger partial charge in [0.1, 0.15) is 5.60 Å². The summed E-state index contributed by atoms with van der Waals surface area (Å²) in [4.78, 5) is 0. The molecule has 0 amide bonds. The van der Waals surface area contributed by atoms with E-state index in [9.17, 15) is 0 Å². The van der Waals surface area contributed by atoms with Gasteiger partial charge in [-0.3, -0.25) is 0 Å². The van der Waals surface area contributed by atoms with E-state index in [1.54, 1.807) is 14.2 Å². The summed E-state index contributed by atoms with van der Waals surface area (Å²) in [5, 5.41) is 0.721. The van der Waals surface area contributed by atoms with Crippen LogP contribution in [0.1, 0.15) is 12.5 Å². The molecule has 96 valence electrons. The van der Waals surface area contributed by atoms with Gasteiger partial charge < -0.3 is 14.2 Å². The molecule has 1 aromatic carbocycles. The maximum atomic E-state index is 6.03. The Kier molecular flexibility index (Phi) is 5.92. The molecule has 0 radical (unpaired) electrons. The standard InChI is InChI=1S/C13H19ClO3/c1-13(16-3,9-15-2)10-17-8-11-6-4-5-7-12(11)14/h4-7H,8-10H2,1-3H3. The fourth-order valence-electron chi connectivity index (χ4n) is 1.46. The Bertz CT molecular complexity index is 343. The number of hydrogen-bond donors (Lipinski definition) is 0. The van der Waals surface area contributed by atoms with E-state index < -0.39 is 5.60 Å². The van der Waals surface area contributed by atoms with E-state index in [2.05, 4.69) is 0 Å². The molecule has 0 aliphatic carbocycles. The van der Waals surface area contributed by atoms with E-state index in [-0.39, 0.29) is 0 Å². The average Bonchev–Trinajstić information content (AvgIpc) is 2.32. The van der Waals surface area contributed by atoms with Crippen molar-refractivity contribution in [3.05, 3.63) is 34.9 Å². The number of hydrogen-bond acceptors (Lipinski definition) is 3. The fraction of sp³-hybridized carbons (Fsp3) is 0.538. The van der Waals surface area contributed by atoms with Crippen molar-refractivity contribution in [3.63, 3.8) is 0 Å². The molecule has 1 aromatic rings. The molecule has 1 atom stereocenters. The molecule has 0 aliphatic rings. The van der Waals surface area contributed by atoms with Gasteiger partial charge in [-0.05, 0) is 18.6 Å². The smallest absolute Gasteiger partial charge is 0.111 e. The highest BCUT2D eigenvalue weighted by atomic mass is 35.5. The molecule has 0 fully saturated rings. The van der Waals surface area contributed by atoms with E-state index >= 15 is 0 Å². The zero-order valence-corrected chi connectivity index (χ0v) is 11.3. The summed E-state index contributed by atoms with van der Waals surface area (Å²) in [5.41, 5.74) is 0.556. The quantitative estimate of drug-likeness (QED) is 0.753. The van der Waals surface area contributed by atoms with Crippen molar-refractivity contribution >= 4 is 11.6 Å². The van der Waals surface area contributed by atoms with E-state index in [1.807, 2.05) is 31.2 Å². The third-order valence-electron chi connectivity index (χ3n) is 2.57. The van der Waals surface area contributed by atoms with Crippen molar-refractivity contribution in [1.29, 1.82) is 0 Å². The van der Waals surface area contributed by atoms with Crippen molar-refractivity contribution < 1.29 is 14.2 Å². The number of halogens is 1. The van der Waals surface area contributed by atoms with Gasteiger partial charge in [0.25, 0.3) is 0 Å². The minimum absolute atomic E-state index is 0.421. The predicted octanol–water partition coefficient (Wildman–Crippen LogP) is 2.91. The number of rotatable bonds is 7. The number of benzene rings is 1. The van der Waals surface area contributed by atoms with Crippen LogP contribution >= 0.6 is 11.6 Å². The molecule has 0 heterocycles. The first-order valence-corrected chi connectivity index (χ1v) is 5.84. The summed E-state index contributed by atoms with van der Waals surface area (Å²) < 4.78 is 16.1. The molecule has 0 bridgehead atoms. The predicted molar refractivity (Wildman–Crippen MR) is 68.4 cm³/mol. The Morgan fingerprint density at radius 2 is 1.88 bits per heavy atom. The molecule has 1 unspecified atom stereocenters. The zero-order valence-electron chi connectivity index (χ0n) is 10.5. The van der Waals surface area contributed by atoms with Crippen LogP contribution < -0.4 is 0 Å². The molecule has 1 rings (SSSR count). The lowest BCUT2D eigenvalue weighted by Crippen LogP contribution is -2.38. The maximum Gasteiger partial charge on any atom is 0.111 e. The normalized spacial score (nSPS) is 14.6. The van der Waals surface area contributed by atoms with Gasteiger partial charge in [-0.15, -0.1) is 0 Å². The summed E-state index contributed by atoms with van der Waals surface area (Å²) in [6.07, 6.45) is 0. The Morgan fingerprint density at radius 1 is 1.18 bits per heavy atom. The summed E-state index contributed by atoms with van der Waals surface area (Å²) in [7, 11) is 3.29. The van der Waals surface area contributed by atoms with Crippen molar-refractivity contribution in [1.82, 2.24) is 0 Å². The van der Waals surface area contributed by atoms with Crippen LogP contribution in [0.2, 0.25) is 5.02 Å². The topological polar surface area (TPSA) is 27.7 Å². The van der Waals surface area contributed by atoms with Gasteiger partial charge in [-0.25, -0.2) is 0 Å². The van der Waals surface area contributed by atoms with Gasteiger partial charge in [0, 0.05) is 19.2 Å². The molecular weight excluding hydrogens is 240 g/mol. The van der Waals surface area contributed by atoms with Crippen LogP contribution in [0.5, 0.6) is 0 Å². The Hall–Kier alpha value is -0.610. The second-order valence-electron chi connectivity index (χ2n) is 4.17. The molecule has 3 nitrogen and oxygen atoms in total. The largest absolute Gasteiger partial charge is 0.382 e. The zero-order chi connectivity index (χ0) is 12.7. The van der Waals surface area contributed by atoms with Crippen LogP contribution in [0.15, 0.2) is 24.3 Å². The fourth-order valence-corrected chi connectivity index (χ4v) is 1.65. The van der Waals surface area contributed by atoms with E-state index in [4.69, 9.17) is 25.8 Å². The lowest BCUT2D eigenvalue weighted by molar-refractivity contribution is -0.102. The average molecular weight is 259 g/mol. The van der Waals surface area contributed by atoms with E-state index in [0.29, 0.717) is 19.8 Å². The summed E-state index contributed by atoms with van der Waals surface area (Å²) in [6, 6.07) is 7.64. The van der Waals surface area contributed by atoms with Crippen molar-refractivity contribution in [3.8, 4) is 0 Å². The van der Waals surface area contributed by atoms with E-state index in [1.165, 1.54) is 0 Å².